The van der Waals surface area contributed by atoms with Crippen molar-refractivity contribution in [3.8, 4) is 5.88 Å². The maximum atomic E-state index is 5.96. The second-order valence-electron chi connectivity index (χ2n) is 5.59. The third-order valence-corrected chi connectivity index (χ3v) is 3.99. The molecule has 0 aliphatic heterocycles. The van der Waals surface area contributed by atoms with Gasteiger partial charge in [0.15, 0.2) is 0 Å². The quantitative estimate of drug-likeness (QED) is 0.860. The van der Waals surface area contributed by atoms with Crippen LogP contribution in [0.2, 0.25) is 0 Å². The van der Waals surface area contributed by atoms with E-state index < -0.39 is 0 Å². The molecule has 0 aromatic carbocycles. The summed E-state index contributed by atoms with van der Waals surface area (Å²) in [7, 11) is 0. The minimum atomic E-state index is 0.0993. The minimum Gasteiger partial charge on any atom is -0.474 e. The van der Waals surface area contributed by atoms with Crippen LogP contribution in [0.25, 0.3) is 0 Å². The Morgan fingerprint density at radius 2 is 2.00 bits per heavy atom. The molecule has 0 fully saturated rings. The zero-order valence-corrected chi connectivity index (χ0v) is 12.7. The Morgan fingerprint density at radius 1 is 1.32 bits per heavy atom. The molecule has 1 atom stereocenters. The van der Waals surface area contributed by atoms with Gasteiger partial charge in [0.2, 0.25) is 5.88 Å². The minimum absolute atomic E-state index is 0.0993. The summed E-state index contributed by atoms with van der Waals surface area (Å²) in [6, 6.07) is 2.08. The van der Waals surface area contributed by atoms with E-state index in [4.69, 9.17) is 22.7 Å². The number of fused-ring (bicyclic) bond motifs is 1. The second kappa shape index (κ2) is 5.87. The van der Waals surface area contributed by atoms with Gasteiger partial charge < -0.3 is 10.5 Å². The SMILES string of the molecule is CC(C)C(C)Oc1nc2c(cc1C(N)=S)CCCC2. The fraction of sp³-hybridized carbons (Fsp3) is 0.600. The molecule has 2 N–H and O–H groups in total. The van der Waals surface area contributed by atoms with Gasteiger partial charge in [0.1, 0.15) is 4.99 Å². The predicted octanol–water partition coefficient (Wildman–Crippen LogP) is 3.02. The van der Waals surface area contributed by atoms with E-state index in [9.17, 15) is 0 Å². The molecule has 3 nitrogen and oxygen atoms in total. The van der Waals surface area contributed by atoms with Gasteiger partial charge in [-0.2, -0.15) is 0 Å². The van der Waals surface area contributed by atoms with E-state index in [1.54, 1.807) is 0 Å². The Kier molecular flexibility index (Phi) is 4.40. The molecule has 0 radical (unpaired) electrons. The van der Waals surface area contributed by atoms with E-state index >= 15 is 0 Å². The van der Waals surface area contributed by atoms with Gasteiger partial charge in [-0.15, -0.1) is 0 Å². The summed E-state index contributed by atoms with van der Waals surface area (Å²) in [5, 5.41) is 0. The molecule has 1 aromatic rings. The Bertz CT molecular complexity index is 485. The summed E-state index contributed by atoms with van der Waals surface area (Å²) in [6.07, 6.45) is 4.61. The molecule has 1 aromatic heterocycles. The fourth-order valence-electron chi connectivity index (χ4n) is 2.19. The Hall–Kier alpha value is -1.16. The molecule has 0 spiro atoms. The van der Waals surface area contributed by atoms with Crippen molar-refractivity contribution in [2.24, 2.45) is 11.7 Å². The first-order valence-electron chi connectivity index (χ1n) is 6.98. The zero-order valence-electron chi connectivity index (χ0n) is 11.9. The number of aryl methyl sites for hydroxylation is 2. The average molecular weight is 278 g/mol. The standard InChI is InChI=1S/C15H22N2OS/c1-9(2)10(3)18-15-12(14(16)19)8-11-6-4-5-7-13(11)17-15/h8-10H,4-7H2,1-3H3,(H2,16,19). The Morgan fingerprint density at radius 3 is 2.63 bits per heavy atom. The summed E-state index contributed by atoms with van der Waals surface area (Å²) < 4.78 is 5.96. The van der Waals surface area contributed by atoms with Crippen molar-refractivity contribution in [1.82, 2.24) is 4.98 Å². The van der Waals surface area contributed by atoms with Gasteiger partial charge >= 0.3 is 0 Å². The molecule has 2 rings (SSSR count). The normalized spacial score (nSPS) is 16.0. The Labute approximate surface area is 120 Å². The monoisotopic (exact) mass is 278 g/mol. The van der Waals surface area contributed by atoms with Crippen molar-refractivity contribution >= 4 is 17.2 Å². The molecule has 0 saturated carbocycles. The highest BCUT2D eigenvalue weighted by atomic mass is 32.1. The van der Waals surface area contributed by atoms with Crippen LogP contribution in [0.1, 0.15) is 50.4 Å². The molecule has 0 saturated heterocycles. The molecule has 1 unspecified atom stereocenters. The van der Waals surface area contributed by atoms with Gasteiger partial charge in [0.05, 0.1) is 11.7 Å². The van der Waals surface area contributed by atoms with Crippen LogP contribution in [0.3, 0.4) is 0 Å². The van der Waals surface area contributed by atoms with Gasteiger partial charge in [-0.1, -0.05) is 26.1 Å². The Balaban J connectivity index is 2.37. The van der Waals surface area contributed by atoms with Crippen molar-refractivity contribution in [3.63, 3.8) is 0 Å². The molecule has 1 aliphatic rings. The van der Waals surface area contributed by atoms with Crippen LogP contribution in [-0.4, -0.2) is 16.1 Å². The molecule has 104 valence electrons. The second-order valence-corrected chi connectivity index (χ2v) is 6.03. The third-order valence-electron chi connectivity index (χ3n) is 3.77. The van der Waals surface area contributed by atoms with Crippen LogP contribution in [0.15, 0.2) is 6.07 Å². The largest absolute Gasteiger partial charge is 0.474 e. The first kappa shape index (κ1) is 14.3. The van der Waals surface area contributed by atoms with Crippen LogP contribution < -0.4 is 10.5 Å². The highest BCUT2D eigenvalue weighted by Crippen LogP contribution is 2.27. The summed E-state index contributed by atoms with van der Waals surface area (Å²) in [4.78, 5) is 5.03. The van der Waals surface area contributed by atoms with E-state index in [1.807, 2.05) is 0 Å². The number of thiocarbonyl (C=S) groups is 1. The van der Waals surface area contributed by atoms with E-state index in [2.05, 4.69) is 31.8 Å². The topological polar surface area (TPSA) is 48.1 Å². The highest BCUT2D eigenvalue weighted by molar-refractivity contribution is 7.80. The fourth-order valence-corrected chi connectivity index (χ4v) is 2.34. The van der Waals surface area contributed by atoms with Gasteiger partial charge in [-0.05, 0) is 50.2 Å². The number of hydrogen-bond acceptors (Lipinski definition) is 3. The number of ether oxygens (including phenoxy) is 1. The molecule has 1 aliphatic carbocycles. The summed E-state index contributed by atoms with van der Waals surface area (Å²) >= 11 is 5.13. The van der Waals surface area contributed by atoms with Crippen LogP contribution in [-0.2, 0) is 12.8 Å². The lowest BCUT2D eigenvalue weighted by Crippen LogP contribution is -2.23. The molecule has 19 heavy (non-hydrogen) atoms. The maximum Gasteiger partial charge on any atom is 0.224 e. The van der Waals surface area contributed by atoms with Crippen molar-refractivity contribution < 1.29 is 4.74 Å². The van der Waals surface area contributed by atoms with Crippen molar-refractivity contribution in [1.29, 1.82) is 0 Å². The zero-order chi connectivity index (χ0) is 14.0. The number of pyridine rings is 1. The number of hydrogen-bond donors (Lipinski definition) is 1. The first-order valence-corrected chi connectivity index (χ1v) is 7.39. The summed E-state index contributed by atoms with van der Waals surface area (Å²) in [6.45, 7) is 6.31. The summed E-state index contributed by atoms with van der Waals surface area (Å²) in [5.41, 5.74) is 9.02. The molecule has 0 amide bonds. The van der Waals surface area contributed by atoms with Crippen LogP contribution >= 0.6 is 12.2 Å². The van der Waals surface area contributed by atoms with Gasteiger partial charge in [0, 0.05) is 5.69 Å². The highest BCUT2D eigenvalue weighted by Gasteiger charge is 2.19. The smallest absolute Gasteiger partial charge is 0.224 e. The van der Waals surface area contributed by atoms with Crippen LogP contribution in [0.5, 0.6) is 5.88 Å². The van der Waals surface area contributed by atoms with E-state index in [1.165, 1.54) is 18.4 Å². The van der Waals surface area contributed by atoms with Crippen LogP contribution in [0.4, 0.5) is 0 Å². The molecule has 1 heterocycles. The van der Waals surface area contributed by atoms with Crippen molar-refractivity contribution in [2.75, 3.05) is 0 Å². The maximum absolute atomic E-state index is 5.96. The predicted molar refractivity (Wildman–Crippen MR) is 81.7 cm³/mol. The number of nitrogens with zero attached hydrogens (tertiary/aromatic N) is 1. The van der Waals surface area contributed by atoms with E-state index in [0.29, 0.717) is 16.8 Å². The van der Waals surface area contributed by atoms with Crippen molar-refractivity contribution in [2.45, 2.75) is 52.6 Å². The van der Waals surface area contributed by atoms with Gasteiger partial charge in [-0.3, -0.25) is 0 Å². The molecule has 0 bridgehead atoms. The lowest BCUT2D eigenvalue weighted by atomic mass is 9.95. The third kappa shape index (κ3) is 3.24. The lowest BCUT2D eigenvalue weighted by Gasteiger charge is -2.22. The van der Waals surface area contributed by atoms with Crippen LogP contribution in [0, 0.1) is 5.92 Å². The van der Waals surface area contributed by atoms with E-state index in [0.717, 1.165) is 24.1 Å². The summed E-state index contributed by atoms with van der Waals surface area (Å²) in [5.74, 6) is 1.03. The number of aromatic nitrogens is 1. The number of nitrogens with two attached hydrogens (primary N) is 1. The number of rotatable bonds is 4. The molecule has 4 heteroatoms. The molecular formula is C15H22N2OS. The van der Waals surface area contributed by atoms with E-state index in [-0.39, 0.29) is 6.10 Å². The van der Waals surface area contributed by atoms with Crippen molar-refractivity contribution in [3.05, 3.63) is 22.9 Å². The molecular weight excluding hydrogens is 256 g/mol. The van der Waals surface area contributed by atoms with Gasteiger partial charge in [-0.25, -0.2) is 4.98 Å². The van der Waals surface area contributed by atoms with Gasteiger partial charge in [0.25, 0.3) is 0 Å². The lowest BCUT2D eigenvalue weighted by molar-refractivity contribution is 0.162. The average Bonchev–Trinajstić information content (AvgIpc) is 2.37. The first-order chi connectivity index (χ1) is 8.99.